The Kier molecular flexibility index (Phi) is 4.53. The Morgan fingerprint density at radius 2 is 1.94 bits per heavy atom. The predicted molar refractivity (Wildman–Crippen MR) is 66.9 cm³/mol. The minimum Gasteiger partial charge on any atom is -0.354 e. The second-order valence-corrected chi connectivity index (χ2v) is 4.56. The average Bonchev–Trinajstić information content (AvgIpc) is 2.27. The van der Waals surface area contributed by atoms with Gasteiger partial charge in [-0.3, -0.25) is 4.79 Å². The molecule has 0 saturated carbocycles. The highest BCUT2D eigenvalue weighted by molar-refractivity contribution is 5.83. The van der Waals surface area contributed by atoms with Crippen LogP contribution in [0.15, 0.2) is 24.3 Å². The minimum absolute atomic E-state index is 0.0313. The van der Waals surface area contributed by atoms with Gasteiger partial charge in [-0.05, 0) is 30.4 Å². The zero-order valence-corrected chi connectivity index (χ0v) is 10.3. The molecule has 0 bridgehead atoms. The standard InChI is InChI=1S/C14H20NO/c1-10(2)9-12-7-5-6-8-13(12)11(3)14(16)15-4/h5-8,10-11H,4,9H2,1-3H3,(H,15,16). The quantitative estimate of drug-likeness (QED) is 0.827. The van der Waals surface area contributed by atoms with E-state index in [1.54, 1.807) is 0 Å². The van der Waals surface area contributed by atoms with Crippen LogP contribution in [-0.4, -0.2) is 5.91 Å². The molecule has 2 nitrogen and oxygen atoms in total. The van der Waals surface area contributed by atoms with Crippen molar-refractivity contribution in [1.82, 2.24) is 5.32 Å². The molecule has 1 radical (unpaired) electrons. The maximum Gasteiger partial charge on any atom is 0.227 e. The van der Waals surface area contributed by atoms with Crippen LogP contribution in [0.25, 0.3) is 0 Å². The summed E-state index contributed by atoms with van der Waals surface area (Å²) in [6, 6.07) is 8.13. The molecule has 0 fully saturated rings. The van der Waals surface area contributed by atoms with E-state index in [4.69, 9.17) is 0 Å². The first-order valence-corrected chi connectivity index (χ1v) is 5.71. The minimum atomic E-state index is -0.132. The number of carbonyl (C=O) groups is 1. The van der Waals surface area contributed by atoms with E-state index in [-0.39, 0.29) is 11.8 Å². The van der Waals surface area contributed by atoms with Crippen molar-refractivity contribution in [1.29, 1.82) is 0 Å². The van der Waals surface area contributed by atoms with Crippen molar-refractivity contribution in [2.75, 3.05) is 0 Å². The van der Waals surface area contributed by atoms with E-state index in [9.17, 15) is 4.79 Å². The van der Waals surface area contributed by atoms with Crippen molar-refractivity contribution in [3.8, 4) is 0 Å². The summed E-state index contributed by atoms with van der Waals surface area (Å²) in [7, 11) is 3.42. The summed E-state index contributed by atoms with van der Waals surface area (Å²) in [6.45, 7) is 6.28. The van der Waals surface area contributed by atoms with Crippen LogP contribution in [0.1, 0.15) is 37.8 Å². The highest BCUT2D eigenvalue weighted by Gasteiger charge is 2.16. The molecule has 0 aromatic heterocycles. The first-order valence-electron chi connectivity index (χ1n) is 5.71. The van der Waals surface area contributed by atoms with Gasteiger partial charge in [0.25, 0.3) is 0 Å². The van der Waals surface area contributed by atoms with Gasteiger partial charge in [-0.15, -0.1) is 0 Å². The fraction of sp³-hybridized carbons (Fsp3) is 0.429. The Morgan fingerprint density at radius 1 is 1.31 bits per heavy atom. The fourth-order valence-electron chi connectivity index (χ4n) is 1.88. The lowest BCUT2D eigenvalue weighted by molar-refractivity contribution is -0.121. The molecule has 87 valence electrons. The molecule has 1 atom stereocenters. The van der Waals surface area contributed by atoms with Crippen LogP contribution in [0.2, 0.25) is 0 Å². The summed E-state index contributed by atoms with van der Waals surface area (Å²) in [6.07, 6.45) is 1.00. The van der Waals surface area contributed by atoms with Gasteiger partial charge in [0, 0.05) is 7.05 Å². The molecule has 0 saturated heterocycles. The SMILES string of the molecule is [CH2]NC(=O)C(C)c1ccccc1CC(C)C. The molecule has 0 aliphatic heterocycles. The van der Waals surface area contributed by atoms with E-state index in [0.717, 1.165) is 12.0 Å². The summed E-state index contributed by atoms with van der Waals surface area (Å²) in [5.74, 6) is 0.430. The molecule has 1 rings (SSSR count). The summed E-state index contributed by atoms with van der Waals surface area (Å²) < 4.78 is 0. The van der Waals surface area contributed by atoms with Crippen LogP contribution in [-0.2, 0) is 11.2 Å². The lowest BCUT2D eigenvalue weighted by Crippen LogP contribution is -2.23. The van der Waals surface area contributed by atoms with Crippen LogP contribution in [0.3, 0.4) is 0 Å². The van der Waals surface area contributed by atoms with Crippen LogP contribution >= 0.6 is 0 Å². The van der Waals surface area contributed by atoms with Gasteiger partial charge in [0.2, 0.25) is 5.91 Å². The van der Waals surface area contributed by atoms with Crippen LogP contribution in [0, 0.1) is 13.0 Å². The van der Waals surface area contributed by atoms with Crippen molar-refractivity contribution in [3.05, 3.63) is 42.4 Å². The lowest BCUT2D eigenvalue weighted by Gasteiger charge is -2.16. The van der Waals surface area contributed by atoms with Gasteiger partial charge in [-0.2, -0.15) is 0 Å². The van der Waals surface area contributed by atoms with Gasteiger partial charge < -0.3 is 5.32 Å². The third-order valence-corrected chi connectivity index (χ3v) is 2.72. The predicted octanol–water partition coefficient (Wildman–Crippen LogP) is 2.90. The molecule has 1 aromatic carbocycles. The van der Waals surface area contributed by atoms with Crippen molar-refractivity contribution in [3.63, 3.8) is 0 Å². The molecule has 16 heavy (non-hydrogen) atoms. The molecule has 1 N–H and O–H groups in total. The van der Waals surface area contributed by atoms with Crippen LogP contribution in [0.5, 0.6) is 0 Å². The maximum absolute atomic E-state index is 11.6. The molecule has 1 amide bonds. The summed E-state index contributed by atoms with van der Waals surface area (Å²) in [5.41, 5.74) is 2.37. The largest absolute Gasteiger partial charge is 0.354 e. The van der Waals surface area contributed by atoms with Gasteiger partial charge in [-0.1, -0.05) is 38.1 Å². The Morgan fingerprint density at radius 3 is 2.50 bits per heavy atom. The van der Waals surface area contributed by atoms with Gasteiger partial charge >= 0.3 is 0 Å². The van der Waals surface area contributed by atoms with Crippen molar-refractivity contribution in [2.45, 2.75) is 33.1 Å². The van der Waals surface area contributed by atoms with E-state index in [2.05, 4.69) is 32.3 Å². The first-order chi connectivity index (χ1) is 7.56. The topological polar surface area (TPSA) is 29.1 Å². The van der Waals surface area contributed by atoms with E-state index in [0.29, 0.717) is 5.92 Å². The molecular formula is C14H20NO. The molecule has 0 aliphatic carbocycles. The maximum atomic E-state index is 11.6. The molecule has 1 unspecified atom stereocenters. The number of carbonyl (C=O) groups excluding carboxylic acids is 1. The van der Waals surface area contributed by atoms with Gasteiger partial charge in [0.15, 0.2) is 0 Å². The van der Waals surface area contributed by atoms with Crippen LogP contribution < -0.4 is 5.32 Å². The van der Waals surface area contributed by atoms with Gasteiger partial charge in [-0.25, -0.2) is 0 Å². The third kappa shape index (κ3) is 3.09. The van der Waals surface area contributed by atoms with E-state index >= 15 is 0 Å². The Labute approximate surface area is 98.1 Å². The Balaban J connectivity index is 2.98. The molecule has 0 aliphatic rings. The second kappa shape index (κ2) is 5.69. The highest BCUT2D eigenvalue weighted by Crippen LogP contribution is 2.22. The monoisotopic (exact) mass is 218 g/mol. The third-order valence-electron chi connectivity index (χ3n) is 2.72. The molecular weight excluding hydrogens is 198 g/mol. The summed E-state index contributed by atoms with van der Waals surface area (Å²) in [4.78, 5) is 11.6. The van der Waals surface area contributed by atoms with Crippen LogP contribution in [0.4, 0.5) is 0 Å². The molecule has 2 heteroatoms. The summed E-state index contributed by atoms with van der Waals surface area (Å²) >= 11 is 0. The summed E-state index contributed by atoms with van der Waals surface area (Å²) in [5, 5.41) is 2.45. The Bertz CT molecular complexity index is 358. The van der Waals surface area contributed by atoms with E-state index < -0.39 is 0 Å². The smallest absolute Gasteiger partial charge is 0.227 e. The number of hydrogen-bond donors (Lipinski definition) is 1. The Hall–Kier alpha value is -1.31. The van der Waals surface area contributed by atoms with E-state index in [1.807, 2.05) is 25.1 Å². The number of amides is 1. The highest BCUT2D eigenvalue weighted by atomic mass is 16.1. The molecule has 1 aromatic rings. The number of nitrogens with one attached hydrogen (secondary N) is 1. The first kappa shape index (κ1) is 12.8. The van der Waals surface area contributed by atoms with Crippen molar-refractivity contribution < 1.29 is 4.79 Å². The fourth-order valence-corrected chi connectivity index (χ4v) is 1.88. The molecule has 0 heterocycles. The van der Waals surface area contributed by atoms with Gasteiger partial charge in [0.1, 0.15) is 0 Å². The van der Waals surface area contributed by atoms with Crippen molar-refractivity contribution >= 4 is 5.91 Å². The number of benzene rings is 1. The lowest BCUT2D eigenvalue weighted by atomic mass is 9.90. The normalized spacial score (nSPS) is 12.6. The van der Waals surface area contributed by atoms with Crippen molar-refractivity contribution in [2.24, 2.45) is 5.92 Å². The zero-order valence-electron chi connectivity index (χ0n) is 10.3. The number of hydrogen-bond acceptors (Lipinski definition) is 1. The second-order valence-electron chi connectivity index (χ2n) is 4.56. The van der Waals surface area contributed by atoms with Gasteiger partial charge in [0.05, 0.1) is 5.92 Å². The number of rotatable bonds is 4. The zero-order chi connectivity index (χ0) is 12.1. The molecule has 0 spiro atoms. The average molecular weight is 218 g/mol. The van der Waals surface area contributed by atoms with E-state index in [1.165, 1.54) is 5.56 Å².